The molecule has 5 nitrogen and oxygen atoms in total. The maximum Gasteiger partial charge on any atom is 0.334 e. The molecule has 3 N–H and O–H groups in total. The van der Waals surface area contributed by atoms with E-state index < -0.39 is 0 Å². The van der Waals surface area contributed by atoms with Gasteiger partial charge in [0.1, 0.15) is 11.9 Å². The third-order valence-electron chi connectivity index (χ3n) is 2.41. The van der Waals surface area contributed by atoms with Crippen molar-refractivity contribution in [1.29, 1.82) is 0 Å². The van der Waals surface area contributed by atoms with Crippen LogP contribution in [0, 0.1) is 0 Å². The van der Waals surface area contributed by atoms with Gasteiger partial charge in [-0.2, -0.15) is 0 Å². The van der Waals surface area contributed by atoms with Crippen molar-refractivity contribution < 1.29 is 4.79 Å². The molecule has 0 aliphatic carbocycles. The van der Waals surface area contributed by atoms with Crippen molar-refractivity contribution in [3.05, 3.63) is 28.8 Å². The Morgan fingerprint density at radius 1 is 1.40 bits per heavy atom. The molecule has 0 radical (unpaired) electrons. The molecule has 1 aromatic rings. The number of rotatable bonds is 0. The molecule has 1 aromatic carbocycles. The predicted octanol–water partition coefficient (Wildman–Crippen LogP) is 1.24. The molecule has 2 aliphatic heterocycles. The van der Waals surface area contributed by atoms with Crippen LogP contribution < -0.4 is 16.2 Å². The van der Waals surface area contributed by atoms with Crippen LogP contribution in [0.1, 0.15) is 11.6 Å². The number of carbonyl (C=O) groups is 1. The monoisotopic (exact) mass is 222 g/mol. The Bertz CT molecular complexity index is 485. The van der Waals surface area contributed by atoms with E-state index >= 15 is 0 Å². The highest BCUT2D eigenvalue weighted by Gasteiger charge is 2.32. The molecule has 76 valence electrons. The molecular formula is C9H7ClN4O. The van der Waals surface area contributed by atoms with Gasteiger partial charge in [0, 0.05) is 5.56 Å². The number of fused-ring (bicyclic) bond motifs is 3. The minimum atomic E-state index is -0.311. The summed E-state index contributed by atoms with van der Waals surface area (Å²) in [5.41, 5.74) is 7.03. The maximum atomic E-state index is 11.0. The molecule has 0 bridgehead atoms. The zero-order chi connectivity index (χ0) is 10.4. The second kappa shape index (κ2) is 2.95. The van der Waals surface area contributed by atoms with Crippen LogP contribution in [-0.2, 0) is 0 Å². The summed E-state index contributed by atoms with van der Waals surface area (Å²) in [6, 6.07) is 5.12. The minimum absolute atomic E-state index is 0.128. The van der Waals surface area contributed by atoms with Crippen molar-refractivity contribution in [1.82, 2.24) is 16.2 Å². The van der Waals surface area contributed by atoms with Crippen molar-refractivity contribution in [3.63, 3.8) is 0 Å². The van der Waals surface area contributed by atoms with E-state index in [1.165, 1.54) is 0 Å². The molecule has 1 atom stereocenters. The highest BCUT2D eigenvalue weighted by Crippen LogP contribution is 2.38. The number of nitrogens with zero attached hydrogens (tertiary/aromatic N) is 1. The van der Waals surface area contributed by atoms with Gasteiger partial charge in [-0.05, 0) is 6.07 Å². The first-order chi connectivity index (χ1) is 7.25. The van der Waals surface area contributed by atoms with Gasteiger partial charge in [-0.3, -0.25) is 10.7 Å². The van der Waals surface area contributed by atoms with Gasteiger partial charge in [-0.1, -0.05) is 23.7 Å². The Hall–Kier alpha value is -1.59. The number of amides is 2. The number of nitrogens with one attached hydrogen (secondary N) is 3. The summed E-state index contributed by atoms with van der Waals surface area (Å²) in [6.45, 7) is 0. The lowest BCUT2D eigenvalue weighted by Crippen LogP contribution is -2.57. The first-order valence-electron chi connectivity index (χ1n) is 4.45. The standard InChI is InChI=1S/C9H7ClN4O/c10-5-3-1-2-4-6(5)11-8-7(4)13-14-9(15)12-8/h1-3,7,13H,(H2,11,12,14,15). The predicted molar refractivity (Wildman–Crippen MR) is 56.1 cm³/mol. The minimum Gasteiger partial charge on any atom is -0.293 e. The van der Waals surface area contributed by atoms with Crippen LogP contribution >= 0.6 is 11.6 Å². The second-order valence-electron chi connectivity index (χ2n) is 3.33. The number of amidine groups is 1. The molecule has 0 spiro atoms. The topological polar surface area (TPSA) is 65.5 Å². The molecule has 3 rings (SSSR count). The number of urea groups is 1. The van der Waals surface area contributed by atoms with Crippen molar-refractivity contribution in [2.45, 2.75) is 6.04 Å². The molecule has 0 saturated carbocycles. The molecule has 2 amide bonds. The number of benzene rings is 1. The van der Waals surface area contributed by atoms with E-state index in [0.29, 0.717) is 10.9 Å². The number of para-hydroxylation sites is 1. The van der Waals surface area contributed by atoms with E-state index in [-0.39, 0.29) is 12.1 Å². The van der Waals surface area contributed by atoms with Crippen LogP contribution in [0.15, 0.2) is 23.2 Å². The molecule has 1 saturated heterocycles. The highest BCUT2D eigenvalue weighted by molar-refractivity contribution is 6.33. The fourth-order valence-electron chi connectivity index (χ4n) is 1.75. The summed E-state index contributed by atoms with van der Waals surface area (Å²) in [6.07, 6.45) is 0. The third-order valence-corrected chi connectivity index (χ3v) is 2.71. The number of hydrogen-bond donors (Lipinski definition) is 3. The second-order valence-corrected chi connectivity index (χ2v) is 3.74. The van der Waals surface area contributed by atoms with E-state index in [2.05, 4.69) is 21.2 Å². The van der Waals surface area contributed by atoms with E-state index in [4.69, 9.17) is 11.6 Å². The first kappa shape index (κ1) is 8.70. The Balaban J connectivity index is 2.11. The summed E-state index contributed by atoms with van der Waals surface area (Å²) < 4.78 is 0. The van der Waals surface area contributed by atoms with Crippen LogP contribution in [0.3, 0.4) is 0 Å². The third kappa shape index (κ3) is 1.20. The largest absolute Gasteiger partial charge is 0.334 e. The summed E-state index contributed by atoms with van der Waals surface area (Å²) in [4.78, 5) is 15.3. The Morgan fingerprint density at radius 3 is 3.13 bits per heavy atom. The van der Waals surface area contributed by atoms with Crippen molar-refractivity contribution in [2.24, 2.45) is 4.99 Å². The summed E-state index contributed by atoms with van der Waals surface area (Å²) in [7, 11) is 0. The zero-order valence-corrected chi connectivity index (χ0v) is 8.30. The van der Waals surface area contributed by atoms with Gasteiger partial charge in [0.15, 0.2) is 0 Å². The fourth-order valence-corrected chi connectivity index (χ4v) is 1.97. The van der Waals surface area contributed by atoms with Crippen LogP contribution in [0.4, 0.5) is 10.5 Å². The molecule has 0 aromatic heterocycles. The first-order valence-corrected chi connectivity index (χ1v) is 4.83. The van der Waals surface area contributed by atoms with Gasteiger partial charge in [-0.15, -0.1) is 0 Å². The smallest absolute Gasteiger partial charge is 0.293 e. The number of aliphatic imine (C=N–C) groups is 1. The highest BCUT2D eigenvalue weighted by atomic mass is 35.5. The number of halogens is 1. The van der Waals surface area contributed by atoms with Gasteiger partial charge in [0.05, 0.1) is 10.7 Å². The van der Waals surface area contributed by atoms with Crippen LogP contribution in [0.25, 0.3) is 0 Å². The Kier molecular flexibility index (Phi) is 1.71. The molecule has 15 heavy (non-hydrogen) atoms. The Labute approximate surface area is 90.5 Å². The number of carbonyl (C=O) groups excluding carboxylic acids is 1. The van der Waals surface area contributed by atoms with Crippen LogP contribution in [0.2, 0.25) is 5.02 Å². The summed E-state index contributed by atoms with van der Waals surface area (Å²) in [5.74, 6) is 0.585. The van der Waals surface area contributed by atoms with Crippen molar-refractivity contribution in [3.8, 4) is 0 Å². The van der Waals surface area contributed by atoms with Crippen LogP contribution in [0.5, 0.6) is 0 Å². The van der Waals surface area contributed by atoms with Crippen molar-refractivity contribution >= 4 is 29.2 Å². The van der Waals surface area contributed by atoms with Gasteiger partial charge >= 0.3 is 6.03 Å². The number of hydrogen-bond acceptors (Lipinski definition) is 3. The van der Waals surface area contributed by atoms with Crippen LogP contribution in [-0.4, -0.2) is 11.9 Å². The average Bonchev–Trinajstić information content (AvgIpc) is 2.57. The molecule has 6 heteroatoms. The molecule has 2 heterocycles. The zero-order valence-electron chi connectivity index (χ0n) is 7.54. The van der Waals surface area contributed by atoms with E-state index in [1.807, 2.05) is 12.1 Å². The van der Waals surface area contributed by atoms with E-state index in [1.54, 1.807) is 6.07 Å². The quantitative estimate of drug-likeness (QED) is 0.618. The normalized spacial score (nSPS) is 22.3. The SMILES string of the molecule is O=C1NNC2C(=Nc3c(Cl)cccc32)N1. The van der Waals surface area contributed by atoms with Gasteiger partial charge in [0.2, 0.25) is 0 Å². The summed E-state index contributed by atoms with van der Waals surface area (Å²) >= 11 is 6.00. The Morgan fingerprint density at radius 2 is 2.27 bits per heavy atom. The lowest BCUT2D eigenvalue weighted by Gasteiger charge is -2.22. The maximum absolute atomic E-state index is 11.0. The van der Waals surface area contributed by atoms with E-state index in [0.717, 1.165) is 11.3 Å². The molecule has 1 fully saturated rings. The number of hydrazine groups is 1. The molecule has 1 unspecified atom stereocenters. The lowest BCUT2D eigenvalue weighted by molar-refractivity contribution is 0.236. The van der Waals surface area contributed by atoms with Crippen molar-refractivity contribution in [2.75, 3.05) is 0 Å². The summed E-state index contributed by atoms with van der Waals surface area (Å²) in [5, 5.41) is 3.22. The molecular weight excluding hydrogens is 216 g/mol. The van der Waals surface area contributed by atoms with Gasteiger partial charge < -0.3 is 0 Å². The lowest BCUT2D eigenvalue weighted by atomic mass is 10.1. The fraction of sp³-hybridized carbons (Fsp3) is 0.111. The molecule has 2 aliphatic rings. The van der Waals surface area contributed by atoms with Gasteiger partial charge in [0.25, 0.3) is 0 Å². The van der Waals surface area contributed by atoms with Gasteiger partial charge in [-0.25, -0.2) is 15.2 Å². The van der Waals surface area contributed by atoms with E-state index in [9.17, 15) is 4.79 Å². The average molecular weight is 223 g/mol.